The molecule has 0 bridgehead atoms. The Kier molecular flexibility index (Phi) is 6.27. The van der Waals surface area contributed by atoms with Gasteiger partial charge in [-0.25, -0.2) is 0 Å². The van der Waals surface area contributed by atoms with Gasteiger partial charge in [0.1, 0.15) is 5.60 Å². The smallest absolute Gasteiger partial charge is 0.185 e. The molecule has 0 aliphatic rings. The van der Waals surface area contributed by atoms with Crippen molar-refractivity contribution in [1.82, 2.24) is 0 Å². The van der Waals surface area contributed by atoms with E-state index in [1.165, 1.54) is 14.2 Å². The molecule has 0 fully saturated rings. The van der Waals surface area contributed by atoms with Crippen LogP contribution in [0.15, 0.2) is 0 Å². The first-order valence-corrected chi connectivity index (χ1v) is 5.02. The van der Waals surface area contributed by atoms with E-state index in [9.17, 15) is 5.11 Å². The molecule has 3 N–H and O–H groups in total. The fourth-order valence-corrected chi connectivity index (χ4v) is 1.76. The van der Waals surface area contributed by atoms with Crippen molar-refractivity contribution >= 4 is 0 Å². The van der Waals surface area contributed by atoms with E-state index in [2.05, 4.69) is 6.92 Å². The van der Waals surface area contributed by atoms with Crippen molar-refractivity contribution in [2.45, 2.75) is 38.6 Å². The molecule has 0 rings (SSSR count). The quantitative estimate of drug-likeness (QED) is 0.601. The largest absolute Gasteiger partial charge is 0.385 e. The van der Waals surface area contributed by atoms with Crippen molar-refractivity contribution in [1.29, 1.82) is 0 Å². The number of methoxy groups -OCH3 is 2. The Bertz CT molecular complexity index is 146. The molecule has 4 nitrogen and oxygen atoms in total. The van der Waals surface area contributed by atoms with Gasteiger partial charge in [0.2, 0.25) is 0 Å². The van der Waals surface area contributed by atoms with Gasteiger partial charge in [-0.3, -0.25) is 0 Å². The van der Waals surface area contributed by atoms with Gasteiger partial charge in [-0.05, 0) is 19.9 Å². The van der Waals surface area contributed by atoms with E-state index >= 15 is 0 Å². The summed E-state index contributed by atoms with van der Waals surface area (Å²) in [5.41, 5.74) is 4.59. The van der Waals surface area contributed by atoms with E-state index in [1.54, 1.807) is 6.92 Å². The second-order valence-corrected chi connectivity index (χ2v) is 3.75. The Morgan fingerprint density at radius 2 is 1.86 bits per heavy atom. The molecule has 86 valence electrons. The number of rotatable bonds is 7. The summed E-state index contributed by atoms with van der Waals surface area (Å²) in [7, 11) is 3.03. The second-order valence-electron chi connectivity index (χ2n) is 3.75. The van der Waals surface area contributed by atoms with Gasteiger partial charge in [0, 0.05) is 20.1 Å². The van der Waals surface area contributed by atoms with E-state index in [0.29, 0.717) is 6.54 Å². The fourth-order valence-electron chi connectivity index (χ4n) is 1.76. The predicted molar refractivity (Wildman–Crippen MR) is 55.9 cm³/mol. The van der Waals surface area contributed by atoms with Crippen LogP contribution in [-0.4, -0.2) is 37.8 Å². The molecule has 0 aliphatic heterocycles. The van der Waals surface area contributed by atoms with E-state index < -0.39 is 11.9 Å². The zero-order valence-electron chi connectivity index (χ0n) is 9.62. The minimum atomic E-state index is -1.03. The van der Waals surface area contributed by atoms with E-state index in [4.69, 9.17) is 15.2 Å². The van der Waals surface area contributed by atoms with Crippen molar-refractivity contribution in [3.63, 3.8) is 0 Å². The van der Waals surface area contributed by atoms with Crippen LogP contribution in [0.5, 0.6) is 0 Å². The lowest BCUT2D eigenvalue weighted by atomic mass is 9.85. The third-order valence-electron chi connectivity index (χ3n) is 2.65. The normalized spacial score (nSPS) is 18.2. The first-order chi connectivity index (χ1) is 6.54. The molecule has 14 heavy (non-hydrogen) atoms. The Hall–Kier alpha value is -0.160. The number of aliphatic hydroxyl groups is 1. The van der Waals surface area contributed by atoms with Crippen LogP contribution in [0.3, 0.4) is 0 Å². The summed E-state index contributed by atoms with van der Waals surface area (Å²) < 4.78 is 10.1. The van der Waals surface area contributed by atoms with Crippen molar-refractivity contribution < 1.29 is 14.6 Å². The van der Waals surface area contributed by atoms with Gasteiger partial charge in [-0.15, -0.1) is 0 Å². The summed E-state index contributed by atoms with van der Waals surface area (Å²) in [4.78, 5) is 0. The van der Waals surface area contributed by atoms with Crippen molar-refractivity contribution in [3.05, 3.63) is 0 Å². The number of hydrogen-bond acceptors (Lipinski definition) is 4. The first kappa shape index (κ1) is 13.8. The Labute approximate surface area is 86.4 Å². The highest BCUT2D eigenvalue weighted by atomic mass is 16.7. The molecule has 0 spiro atoms. The number of hydrogen-bond donors (Lipinski definition) is 2. The fraction of sp³-hybridized carbons (Fsp3) is 1.00. The summed E-state index contributed by atoms with van der Waals surface area (Å²) in [5.74, 6) is -0.00241. The topological polar surface area (TPSA) is 64.7 Å². The molecule has 0 aromatic heterocycles. The van der Waals surface area contributed by atoms with E-state index in [0.717, 1.165) is 12.8 Å². The Morgan fingerprint density at radius 3 is 2.14 bits per heavy atom. The maximum absolute atomic E-state index is 10.2. The lowest BCUT2D eigenvalue weighted by Gasteiger charge is -2.37. The Balaban J connectivity index is 4.51. The van der Waals surface area contributed by atoms with Crippen molar-refractivity contribution in [2.75, 3.05) is 20.8 Å². The van der Waals surface area contributed by atoms with E-state index in [-0.39, 0.29) is 5.92 Å². The summed E-state index contributed by atoms with van der Waals surface area (Å²) in [6, 6.07) is 0. The molecular formula is C10H23NO3. The summed E-state index contributed by atoms with van der Waals surface area (Å²) in [6.45, 7) is 4.20. The molecule has 0 aliphatic carbocycles. The van der Waals surface area contributed by atoms with Crippen LogP contribution in [0.2, 0.25) is 0 Å². The number of ether oxygens (including phenoxy) is 2. The summed E-state index contributed by atoms with van der Waals surface area (Å²) in [6.07, 6.45) is 1.23. The van der Waals surface area contributed by atoms with Gasteiger partial charge in [-0.1, -0.05) is 13.3 Å². The van der Waals surface area contributed by atoms with Crippen LogP contribution in [0, 0.1) is 5.92 Å². The second kappa shape index (κ2) is 6.35. The lowest BCUT2D eigenvalue weighted by molar-refractivity contribution is -0.226. The predicted octanol–water partition coefficient (Wildman–Crippen LogP) is 0.731. The third kappa shape index (κ3) is 3.20. The minimum Gasteiger partial charge on any atom is -0.385 e. The molecule has 4 heteroatoms. The molecule has 0 saturated carbocycles. The Morgan fingerprint density at radius 1 is 1.36 bits per heavy atom. The first-order valence-electron chi connectivity index (χ1n) is 5.02. The molecular weight excluding hydrogens is 182 g/mol. The van der Waals surface area contributed by atoms with E-state index in [1.807, 2.05) is 0 Å². The molecule has 0 amide bonds. The van der Waals surface area contributed by atoms with Crippen LogP contribution >= 0.6 is 0 Å². The highest BCUT2D eigenvalue weighted by molar-refractivity contribution is 4.85. The molecule has 0 aromatic rings. The van der Waals surface area contributed by atoms with Gasteiger partial charge in [-0.2, -0.15) is 0 Å². The monoisotopic (exact) mass is 205 g/mol. The van der Waals surface area contributed by atoms with Gasteiger partial charge in [0.05, 0.1) is 0 Å². The maximum atomic E-state index is 10.2. The summed E-state index contributed by atoms with van der Waals surface area (Å²) in [5, 5.41) is 10.2. The molecule has 2 unspecified atom stereocenters. The molecule has 0 aromatic carbocycles. The van der Waals surface area contributed by atoms with Crippen molar-refractivity contribution in [3.8, 4) is 0 Å². The standard InChI is InChI=1S/C10H23NO3/c1-5-6-8(7-11)10(2,12)9(13-3)14-4/h8-9,12H,5-7,11H2,1-4H3. The average molecular weight is 205 g/mol. The maximum Gasteiger partial charge on any atom is 0.185 e. The van der Waals surface area contributed by atoms with Gasteiger partial charge >= 0.3 is 0 Å². The summed E-state index contributed by atoms with van der Waals surface area (Å²) >= 11 is 0. The van der Waals surface area contributed by atoms with Crippen LogP contribution in [0.25, 0.3) is 0 Å². The number of nitrogens with two attached hydrogens (primary N) is 1. The van der Waals surface area contributed by atoms with Gasteiger partial charge < -0.3 is 20.3 Å². The zero-order valence-corrected chi connectivity index (χ0v) is 9.62. The van der Waals surface area contributed by atoms with Crippen LogP contribution < -0.4 is 5.73 Å². The van der Waals surface area contributed by atoms with Crippen LogP contribution in [-0.2, 0) is 9.47 Å². The van der Waals surface area contributed by atoms with Gasteiger partial charge in [0.15, 0.2) is 6.29 Å². The molecule has 0 saturated heterocycles. The third-order valence-corrected chi connectivity index (χ3v) is 2.65. The molecule has 0 heterocycles. The van der Waals surface area contributed by atoms with Gasteiger partial charge in [0.25, 0.3) is 0 Å². The van der Waals surface area contributed by atoms with Crippen LogP contribution in [0.1, 0.15) is 26.7 Å². The highest BCUT2D eigenvalue weighted by Crippen LogP contribution is 2.26. The van der Waals surface area contributed by atoms with Crippen molar-refractivity contribution in [2.24, 2.45) is 11.7 Å². The lowest BCUT2D eigenvalue weighted by Crippen LogP contribution is -2.50. The minimum absolute atomic E-state index is 0.00241. The highest BCUT2D eigenvalue weighted by Gasteiger charge is 2.39. The average Bonchev–Trinajstić information content (AvgIpc) is 2.15. The van der Waals surface area contributed by atoms with Crippen LogP contribution in [0.4, 0.5) is 0 Å². The zero-order chi connectivity index (χ0) is 11.2. The molecule has 2 atom stereocenters. The molecule has 0 radical (unpaired) electrons. The SMILES string of the molecule is CCCC(CN)C(C)(O)C(OC)OC.